The van der Waals surface area contributed by atoms with Crippen LogP contribution in [0, 0.1) is 0 Å². The summed E-state index contributed by atoms with van der Waals surface area (Å²) in [5.41, 5.74) is 0.996. The number of likely N-dealkylation sites (N-methyl/N-ethyl adjacent to an activating group) is 1. The fourth-order valence-electron chi connectivity index (χ4n) is 3.79. The number of aliphatic imine (C=N–C) groups is 1. The zero-order valence-electron chi connectivity index (χ0n) is 19.1. The Morgan fingerprint density at radius 1 is 1.03 bits per heavy atom. The van der Waals surface area contributed by atoms with Crippen LogP contribution in [0.4, 0.5) is 0 Å². The van der Waals surface area contributed by atoms with Crippen LogP contribution in [0.15, 0.2) is 17.1 Å². The maximum atomic E-state index is 5.43. The molecular formula is C22H39IN4O3. The molecule has 0 unspecified atom stereocenters. The minimum Gasteiger partial charge on any atom is -0.493 e. The van der Waals surface area contributed by atoms with Gasteiger partial charge in [0.1, 0.15) is 0 Å². The van der Waals surface area contributed by atoms with Gasteiger partial charge in [-0.25, -0.2) is 4.99 Å². The molecule has 0 aromatic heterocycles. The summed E-state index contributed by atoms with van der Waals surface area (Å²) in [4.78, 5) is 7.20. The molecule has 7 nitrogen and oxygen atoms in total. The first-order valence-electron chi connectivity index (χ1n) is 10.6. The van der Waals surface area contributed by atoms with E-state index in [4.69, 9.17) is 19.2 Å². The lowest BCUT2D eigenvalue weighted by Crippen LogP contribution is -2.43. The van der Waals surface area contributed by atoms with Crippen LogP contribution in [-0.2, 0) is 6.54 Å². The third kappa shape index (κ3) is 8.02. The highest BCUT2D eigenvalue weighted by atomic mass is 127. The lowest BCUT2D eigenvalue weighted by atomic mass is 9.94. The van der Waals surface area contributed by atoms with E-state index in [0.29, 0.717) is 23.8 Å². The van der Waals surface area contributed by atoms with E-state index < -0.39 is 0 Å². The smallest absolute Gasteiger partial charge is 0.203 e. The van der Waals surface area contributed by atoms with Crippen LogP contribution >= 0.6 is 24.0 Å². The molecule has 2 rings (SSSR count). The van der Waals surface area contributed by atoms with Crippen molar-refractivity contribution in [2.45, 2.75) is 51.6 Å². The summed E-state index contributed by atoms with van der Waals surface area (Å²) < 4.78 is 16.3. The van der Waals surface area contributed by atoms with Crippen LogP contribution in [0.1, 0.15) is 44.6 Å². The largest absolute Gasteiger partial charge is 0.493 e. The average Bonchev–Trinajstić information content (AvgIpc) is 2.77. The molecule has 8 heteroatoms. The lowest BCUT2D eigenvalue weighted by Gasteiger charge is -2.31. The van der Waals surface area contributed by atoms with E-state index >= 15 is 0 Å². The Hall–Kier alpha value is -1.42. The van der Waals surface area contributed by atoms with Gasteiger partial charge in [0, 0.05) is 25.7 Å². The molecule has 172 valence electrons. The minimum atomic E-state index is 0. The summed E-state index contributed by atoms with van der Waals surface area (Å²) in [7, 11) is 7.09. The van der Waals surface area contributed by atoms with Gasteiger partial charge < -0.3 is 29.7 Å². The van der Waals surface area contributed by atoms with E-state index in [1.807, 2.05) is 12.1 Å². The van der Waals surface area contributed by atoms with Crippen LogP contribution in [0.25, 0.3) is 0 Å². The lowest BCUT2D eigenvalue weighted by molar-refractivity contribution is 0.194. The monoisotopic (exact) mass is 534 g/mol. The molecule has 0 spiro atoms. The van der Waals surface area contributed by atoms with Crippen molar-refractivity contribution in [1.29, 1.82) is 0 Å². The van der Waals surface area contributed by atoms with Gasteiger partial charge in [-0.2, -0.15) is 0 Å². The van der Waals surface area contributed by atoms with Crippen molar-refractivity contribution < 1.29 is 14.2 Å². The van der Waals surface area contributed by atoms with E-state index in [-0.39, 0.29) is 24.0 Å². The molecular weight excluding hydrogens is 495 g/mol. The second-order valence-corrected chi connectivity index (χ2v) is 7.43. The third-order valence-corrected chi connectivity index (χ3v) is 5.44. The highest BCUT2D eigenvalue weighted by Crippen LogP contribution is 2.38. The first-order chi connectivity index (χ1) is 14.1. The highest BCUT2D eigenvalue weighted by molar-refractivity contribution is 14.0. The van der Waals surface area contributed by atoms with E-state index in [2.05, 4.69) is 29.5 Å². The van der Waals surface area contributed by atoms with Gasteiger partial charge in [0.25, 0.3) is 0 Å². The second kappa shape index (κ2) is 14.6. The summed E-state index contributed by atoms with van der Waals surface area (Å²) in [6, 6.07) is 4.60. The Morgan fingerprint density at radius 3 is 2.20 bits per heavy atom. The quantitative estimate of drug-likeness (QED) is 0.272. The molecule has 0 aliphatic heterocycles. The maximum absolute atomic E-state index is 5.43. The number of hydrogen-bond donors (Lipinski definition) is 2. The zero-order chi connectivity index (χ0) is 21.1. The van der Waals surface area contributed by atoms with Gasteiger partial charge >= 0.3 is 0 Å². The summed E-state index contributed by atoms with van der Waals surface area (Å²) in [6.45, 7) is 5.29. The molecule has 0 saturated heterocycles. The fraction of sp³-hybridized carbons (Fsp3) is 0.682. The highest BCUT2D eigenvalue weighted by Gasteiger charge is 2.17. The van der Waals surface area contributed by atoms with E-state index in [0.717, 1.165) is 37.2 Å². The standard InChI is InChI=1S/C22H38N4O3.HI/c1-6-23-22(24-12-13-26(2)18-10-8-7-9-11-18)25-16-17-14-19(27-3)21(29-5)20(15-17)28-4;/h14-15,18H,6-13,16H2,1-5H3,(H2,23,24,25);1H. The molecule has 1 aliphatic rings. The number of nitrogens with one attached hydrogen (secondary N) is 2. The van der Waals surface area contributed by atoms with Crippen LogP contribution in [0.2, 0.25) is 0 Å². The SMILES string of the molecule is CCNC(=NCc1cc(OC)c(OC)c(OC)c1)NCCN(C)C1CCCCC1.I. The van der Waals surface area contributed by atoms with Crippen LogP contribution in [-0.4, -0.2) is 64.9 Å². The van der Waals surface area contributed by atoms with Crippen LogP contribution in [0.5, 0.6) is 17.2 Å². The van der Waals surface area contributed by atoms with E-state index in [1.165, 1.54) is 32.1 Å². The number of methoxy groups -OCH3 is 3. The molecule has 0 heterocycles. The number of hydrogen-bond acceptors (Lipinski definition) is 5. The van der Waals surface area contributed by atoms with Crippen molar-refractivity contribution in [1.82, 2.24) is 15.5 Å². The van der Waals surface area contributed by atoms with Gasteiger partial charge in [-0.1, -0.05) is 19.3 Å². The van der Waals surface area contributed by atoms with E-state index in [9.17, 15) is 0 Å². The van der Waals surface area contributed by atoms with Gasteiger partial charge in [0.05, 0.1) is 27.9 Å². The Kier molecular flexibility index (Phi) is 12.9. The molecule has 0 bridgehead atoms. The van der Waals surface area contributed by atoms with Gasteiger partial charge in [-0.15, -0.1) is 24.0 Å². The Labute approximate surface area is 199 Å². The predicted octanol–water partition coefficient (Wildman–Crippen LogP) is 3.65. The number of ether oxygens (including phenoxy) is 3. The van der Waals surface area contributed by atoms with Gasteiger partial charge in [-0.3, -0.25) is 0 Å². The summed E-state index contributed by atoms with van der Waals surface area (Å²) in [5.74, 6) is 2.70. The molecule has 0 amide bonds. The third-order valence-electron chi connectivity index (χ3n) is 5.44. The first kappa shape index (κ1) is 26.6. The number of halogens is 1. The molecule has 0 radical (unpaired) electrons. The Morgan fingerprint density at radius 2 is 1.67 bits per heavy atom. The topological polar surface area (TPSA) is 67.4 Å². The minimum absolute atomic E-state index is 0. The predicted molar refractivity (Wildman–Crippen MR) is 134 cm³/mol. The number of guanidine groups is 1. The van der Waals surface area contributed by atoms with Crippen LogP contribution in [0.3, 0.4) is 0 Å². The molecule has 1 aliphatic carbocycles. The van der Waals surface area contributed by atoms with Crippen molar-refractivity contribution in [2.24, 2.45) is 4.99 Å². The molecule has 1 saturated carbocycles. The van der Waals surface area contributed by atoms with E-state index in [1.54, 1.807) is 21.3 Å². The Balaban J connectivity index is 0.00000450. The van der Waals surface area contributed by atoms with Gasteiger partial charge in [-0.05, 0) is 44.5 Å². The molecule has 1 fully saturated rings. The molecule has 2 N–H and O–H groups in total. The molecule has 0 atom stereocenters. The van der Waals surface area contributed by atoms with Crippen molar-refractivity contribution in [3.63, 3.8) is 0 Å². The van der Waals surface area contributed by atoms with Gasteiger partial charge in [0.2, 0.25) is 5.75 Å². The number of benzene rings is 1. The fourth-order valence-corrected chi connectivity index (χ4v) is 3.79. The van der Waals surface area contributed by atoms with Gasteiger partial charge in [0.15, 0.2) is 17.5 Å². The number of rotatable bonds is 10. The normalized spacial score (nSPS) is 14.8. The van der Waals surface area contributed by atoms with Crippen LogP contribution < -0.4 is 24.8 Å². The summed E-state index contributed by atoms with van der Waals surface area (Å²) in [6.07, 6.45) is 6.76. The first-order valence-corrected chi connectivity index (χ1v) is 10.6. The average molecular weight is 534 g/mol. The maximum Gasteiger partial charge on any atom is 0.203 e. The Bertz CT molecular complexity index is 626. The second-order valence-electron chi connectivity index (χ2n) is 7.43. The van der Waals surface area contributed by atoms with Crippen molar-refractivity contribution in [2.75, 3.05) is 48.0 Å². The molecule has 1 aromatic carbocycles. The number of nitrogens with zero attached hydrogens (tertiary/aromatic N) is 2. The van der Waals surface area contributed by atoms with Crippen molar-refractivity contribution in [3.05, 3.63) is 17.7 Å². The summed E-state index contributed by atoms with van der Waals surface area (Å²) >= 11 is 0. The molecule has 30 heavy (non-hydrogen) atoms. The van der Waals surface area contributed by atoms with Crippen molar-refractivity contribution >= 4 is 29.9 Å². The molecule has 1 aromatic rings. The van der Waals surface area contributed by atoms with Crippen molar-refractivity contribution in [3.8, 4) is 17.2 Å². The summed E-state index contributed by atoms with van der Waals surface area (Å²) in [5, 5.41) is 6.77. The zero-order valence-corrected chi connectivity index (χ0v) is 21.5.